The summed E-state index contributed by atoms with van der Waals surface area (Å²) in [4.78, 5) is 19.8. The van der Waals surface area contributed by atoms with Gasteiger partial charge in [-0.1, -0.05) is 6.08 Å². The van der Waals surface area contributed by atoms with Gasteiger partial charge in [0, 0.05) is 23.4 Å². The molecule has 6 heteroatoms. The Kier molecular flexibility index (Phi) is 3.33. The van der Waals surface area contributed by atoms with Crippen LogP contribution in [0.25, 0.3) is 16.6 Å². The van der Waals surface area contributed by atoms with Crippen LogP contribution in [0.1, 0.15) is 40.8 Å². The van der Waals surface area contributed by atoms with Crippen LogP contribution in [0.15, 0.2) is 12.1 Å². The van der Waals surface area contributed by atoms with Crippen LogP contribution in [0.4, 0.5) is 4.39 Å². The number of fused-ring (bicyclic) bond motifs is 5. The maximum Gasteiger partial charge on any atom is 0.233 e. The third-order valence-corrected chi connectivity index (χ3v) is 6.93. The molecule has 3 aliphatic heterocycles. The van der Waals surface area contributed by atoms with Gasteiger partial charge in [0.15, 0.2) is 6.29 Å². The molecule has 0 spiro atoms. The number of aryl methyl sites for hydroxylation is 2. The number of hydrogen-bond acceptors (Lipinski definition) is 4. The summed E-state index contributed by atoms with van der Waals surface area (Å²) in [5.74, 6) is -0.462. The topological polar surface area (TPSA) is 62.7 Å². The monoisotopic (exact) mass is 380 g/mol. The van der Waals surface area contributed by atoms with E-state index >= 15 is 0 Å². The minimum Gasteiger partial charge on any atom is -0.368 e. The maximum atomic E-state index is 14.5. The van der Waals surface area contributed by atoms with Crippen molar-refractivity contribution in [3.8, 4) is 0 Å². The molecule has 1 aromatic carbocycles. The summed E-state index contributed by atoms with van der Waals surface area (Å²) < 4.78 is 19.8. The van der Waals surface area contributed by atoms with E-state index in [2.05, 4.69) is 6.08 Å². The van der Waals surface area contributed by atoms with Crippen molar-refractivity contribution in [3.05, 3.63) is 45.9 Å². The van der Waals surface area contributed by atoms with E-state index in [0.717, 1.165) is 52.7 Å². The third-order valence-electron chi connectivity index (χ3n) is 6.93. The van der Waals surface area contributed by atoms with Crippen molar-refractivity contribution in [1.82, 2.24) is 9.88 Å². The molecule has 5 nitrogen and oxygen atoms in total. The van der Waals surface area contributed by atoms with E-state index in [1.807, 2.05) is 11.8 Å². The molecule has 0 saturated carbocycles. The van der Waals surface area contributed by atoms with Gasteiger partial charge in [0.25, 0.3) is 0 Å². The molecule has 0 bridgehead atoms. The number of aromatic nitrogens is 1. The Labute approximate surface area is 161 Å². The Balaban J connectivity index is 1.58. The number of ether oxygens (including phenoxy) is 1. The molecular weight excluding hydrogens is 359 g/mol. The highest BCUT2D eigenvalue weighted by molar-refractivity contribution is 5.97. The zero-order chi connectivity index (χ0) is 19.2. The molecule has 0 radical (unpaired) electrons. The smallest absolute Gasteiger partial charge is 0.233 e. The number of allylic oxidation sites excluding steroid dienone is 1. The predicted octanol–water partition coefficient (Wildman–Crippen LogP) is 2.84. The summed E-state index contributed by atoms with van der Waals surface area (Å²) in [6.45, 7) is 2.62. The summed E-state index contributed by atoms with van der Waals surface area (Å²) >= 11 is 0. The largest absolute Gasteiger partial charge is 0.368 e. The quantitative estimate of drug-likeness (QED) is 0.764. The second-order valence-electron chi connectivity index (χ2n) is 8.40. The number of aliphatic hydroxyl groups is 1. The fraction of sp³-hybridized carbons (Fsp3) is 0.455. The van der Waals surface area contributed by atoms with Gasteiger partial charge in [-0.25, -0.2) is 9.37 Å². The normalized spacial score (nSPS) is 28.1. The lowest BCUT2D eigenvalue weighted by Crippen LogP contribution is -2.45. The van der Waals surface area contributed by atoms with Crippen molar-refractivity contribution >= 4 is 22.5 Å². The van der Waals surface area contributed by atoms with Gasteiger partial charge in [0.05, 0.1) is 36.0 Å². The van der Waals surface area contributed by atoms with Gasteiger partial charge in [0.2, 0.25) is 5.91 Å². The summed E-state index contributed by atoms with van der Waals surface area (Å²) in [6, 6.07) is 1.54. The van der Waals surface area contributed by atoms with Gasteiger partial charge in [0.1, 0.15) is 5.82 Å². The molecule has 144 valence electrons. The van der Waals surface area contributed by atoms with Crippen LogP contribution >= 0.6 is 0 Å². The van der Waals surface area contributed by atoms with Crippen LogP contribution in [0, 0.1) is 24.6 Å². The first kappa shape index (κ1) is 16.6. The highest BCUT2D eigenvalue weighted by Crippen LogP contribution is 2.46. The lowest BCUT2D eigenvalue weighted by atomic mass is 9.83. The highest BCUT2D eigenvalue weighted by Gasteiger charge is 2.45. The van der Waals surface area contributed by atoms with Crippen LogP contribution in [0.3, 0.4) is 0 Å². The molecule has 3 unspecified atom stereocenters. The van der Waals surface area contributed by atoms with Crippen LogP contribution < -0.4 is 0 Å². The summed E-state index contributed by atoms with van der Waals surface area (Å²) in [5.41, 5.74) is 6.45. The van der Waals surface area contributed by atoms with E-state index in [4.69, 9.17) is 9.72 Å². The van der Waals surface area contributed by atoms with Gasteiger partial charge in [-0.05, 0) is 48.8 Å². The van der Waals surface area contributed by atoms with Crippen LogP contribution in [0.5, 0.6) is 0 Å². The average Bonchev–Trinajstić information content (AvgIpc) is 3.05. The van der Waals surface area contributed by atoms with Crippen molar-refractivity contribution in [3.63, 3.8) is 0 Å². The van der Waals surface area contributed by atoms with E-state index in [1.165, 1.54) is 11.6 Å². The first-order valence-corrected chi connectivity index (χ1v) is 9.99. The molecule has 3 atom stereocenters. The molecule has 2 aromatic rings. The molecule has 4 aliphatic rings. The Morgan fingerprint density at radius 2 is 2.11 bits per heavy atom. The lowest BCUT2D eigenvalue weighted by Gasteiger charge is -2.38. The number of halogens is 1. The number of hydrogen-bond donors (Lipinski definition) is 1. The first-order chi connectivity index (χ1) is 13.5. The molecule has 4 heterocycles. The SMILES string of the molecule is Cc1c(F)cc2nc3c(c4c2c1CCC4)CN1C(=O)C2COC(O)CC2C=C31. The number of aliphatic hydroxyl groups excluding tert-OH is 1. The molecule has 6 rings (SSSR count). The number of carbonyl (C=O) groups is 1. The Hall–Kier alpha value is -2.31. The third kappa shape index (κ3) is 2.07. The number of amides is 1. The fourth-order valence-corrected chi connectivity index (χ4v) is 5.49. The van der Waals surface area contributed by atoms with E-state index < -0.39 is 6.29 Å². The van der Waals surface area contributed by atoms with Crippen molar-refractivity contribution in [2.45, 2.75) is 45.4 Å². The van der Waals surface area contributed by atoms with Gasteiger partial charge in [-0.3, -0.25) is 4.79 Å². The lowest BCUT2D eigenvalue weighted by molar-refractivity contribution is -0.168. The van der Waals surface area contributed by atoms with Gasteiger partial charge >= 0.3 is 0 Å². The van der Waals surface area contributed by atoms with Crippen molar-refractivity contribution in [2.24, 2.45) is 11.8 Å². The minimum absolute atomic E-state index is 0.0436. The van der Waals surface area contributed by atoms with Gasteiger partial charge < -0.3 is 14.7 Å². The highest BCUT2D eigenvalue weighted by atomic mass is 19.1. The molecule has 1 aliphatic carbocycles. The zero-order valence-electron chi connectivity index (χ0n) is 15.7. The Morgan fingerprint density at radius 3 is 2.96 bits per heavy atom. The summed E-state index contributed by atoms with van der Waals surface area (Å²) in [5, 5.41) is 10.9. The second kappa shape index (κ2) is 5.61. The number of pyridine rings is 1. The fourth-order valence-electron chi connectivity index (χ4n) is 5.49. The zero-order valence-corrected chi connectivity index (χ0v) is 15.7. The number of benzene rings is 1. The summed E-state index contributed by atoms with van der Waals surface area (Å²) in [6.07, 6.45) is 4.46. The number of nitrogens with zero attached hydrogens (tertiary/aromatic N) is 2. The second-order valence-corrected chi connectivity index (χ2v) is 8.40. The van der Waals surface area contributed by atoms with E-state index in [-0.39, 0.29) is 30.2 Å². The van der Waals surface area contributed by atoms with E-state index in [1.54, 1.807) is 0 Å². The number of rotatable bonds is 0. The van der Waals surface area contributed by atoms with Crippen LogP contribution in [0.2, 0.25) is 0 Å². The molecule has 1 aromatic heterocycles. The molecule has 1 saturated heterocycles. The molecular formula is C22H21FN2O3. The number of carbonyl (C=O) groups excluding carboxylic acids is 1. The Morgan fingerprint density at radius 1 is 1.29 bits per heavy atom. The minimum atomic E-state index is -0.830. The van der Waals surface area contributed by atoms with Crippen molar-refractivity contribution < 1.29 is 19.0 Å². The molecule has 1 fully saturated rings. The molecule has 1 N–H and O–H groups in total. The first-order valence-electron chi connectivity index (χ1n) is 9.99. The summed E-state index contributed by atoms with van der Waals surface area (Å²) in [7, 11) is 0. The van der Waals surface area contributed by atoms with Gasteiger partial charge in [-0.2, -0.15) is 0 Å². The Bertz CT molecular complexity index is 1090. The standard InChI is InChI=1S/C22H21FN2O3/c1-10-12-3-2-4-13-14-8-25-18(21(14)24-17(20(12)13)7-16(10)23)5-11-6-19(26)28-9-15(11)22(25)27/h5,7,11,15,19,26H,2-4,6,8-9H2,1H3. The molecule has 1 amide bonds. The predicted molar refractivity (Wildman–Crippen MR) is 101 cm³/mol. The van der Waals surface area contributed by atoms with Crippen LogP contribution in [-0.4, -0.2) is 33.8 Å². The van der Waals surface area contributed by atoms with E-state index in [0.29, 0.717) is 18.5 Å². The van der Waals surface area contributed by atoms with Gasteiger partial charge in [-0.15, -0.1) is 0 Å². The molecule has 28 heavy (non-hydrogen) atoms. The maximum absolute atomic E-state index is 14.5. The average molecular weight is 380 g/mol. The van der Waals surface area contributed by atoms with E-state index in [9.17, 15) is 14.3 Å². The van der Waals surface area contributed by atoms with Crippen molar-refractivity contribution in [2.75, 3.05) is 6.61 Å². The van der Waals surface area contributed by atoms with Crippen LogP contribution in [-0.2, 0) is 28.9 Å². The van der Waals surface area contributed by atoms with Crippen molar-refractivity contribution in [1.29, 1.82) is 0 Å².